The lowest BCUT2D eigenvalue weighted by Gasteiger charge is -2.37. The van der Waals surface area contributed by atoms with Gasteiger partial charge in [0.1, 0.15) is 5.69 Å². The van der Waals surface area contributed by atoms with Crippen LogP contribution >= 0.6 is 0 Å². The van der Waals surface area contributed by atoms with Gasteiger partial charge in [-0.05, 0) is 56.0 Å². The van der Waals surface area contributed by atoms with Crippen molar-refractivity contribution in [2.75, 3.05) is 11.9 Å². The van der Waals surface area contributed by atoms with Crippen molar-refractivity contribution < 1.29 is 18.0 Å². The van der Waals surface area contributed by atoms with Crippen molar-refractivity contribution in [2.24, 2.45) is 7.05 Å². The van der Waals surface area contributed by atoms with Gasteiger partial charge in [0.2, 0.25) is 0 Å². The molecule has 2 heterocycles. The molecule has 0 atom stereocenters. The van der Waals surface area contributed by atoms with Gasteiger partial charge in [0, 0.05) is 48.2 Å². The van der Waals surface area contributed by atoms with Crippen LogP contribution in [-0.2, 0) is 13.2 Å². The zero-order valence-electron chi connectivity index (χ0n) is 19.5. The van der Waals surface area contributed by atoms with Gasteiger partial charge < -0.3 is 10.2 Å². The minimum Gasteiger partial charge on any atom is -0.371 e. The van der Waals surface area contributed by atoms with Gasteiger partial charge in [0.25, 0.3) is 5.91 Å². The number of alkyl halides is 3. The van der Waals surface area contributed by atoms with Crippen molar-refractivity contribution >= 4 is 33.4 Å². The fourth-order valence-corrected chi connectivity index (χ4v) is 4.97. The maximum absolute atomic E-state index is 13.5. The Bertz CT molecular complexity index is 1390. The third-order valence-corrected chi connectivity index (χ3v) is 6.95. The molecule has 1 aliphatic carbocycles. The lowest BCUT2D eigenvalue weighted by Crippen LogP contribution is -2.43. The van der Waals surface area contributed by atoms with E-state index >= 15 is 0 Å². The monoisotopic (exact) mass is 481 g/mol. The van der Waals surface area contributed by atoms with Crippen molar-refractivity contribution in [3.05, 3.63) is 66.0 Å². The van der Waals surface area contributed by atoms with E-state index in [2.05, 4.69) is 15.4 Å². The molecule has 2 aromatic carbocycles. The Hall–Kier alpha value is -3.62. The van der Waals surface area contributed by atoms with E-state index in [0.29, 0.717) is 22.2 Å². The van der Waals surface area contributed by atoms with E-state index in [0.717, 1.165) is 42.7 Å². The molecule has 1 N–H and O–H groups in total. The maximum atomic E-state index is 13.5. The summed E-state index contributed by atoms with van der Waals surface area (Å²) in [4.78, 5) is 18.6. The standard InChI is InChI=1S/C26H26F3N5O/c1-33(23-14-24(26(27,28)29)32-21-6-4-3-5-20(21)23)19-10-8-18(9-11-19)31-25(35)16-7-12-22-17(13-16)15-30-34(22)2/h3-7,12-15,18-19H,8-11H2,1-2H3,(H,31,35)/t18-,19+. The number of anilines is 1. The Morgan fingerprint density at radius 1 is 1.09 bits per heavy atom. The first kappa shape index (κ1) is 23.1. The number of aryl methyl sites for hydroxylation is 1. The lowest BCUT2D eigenvalue weighted by molar-refractivity contribution is -0.140. The Labute approximate surface area is 200 Å². The average Bonchev–Trinajstić information content (AvgIpc) is 3.22. The van der Waals surface area contributed by atoms with Crippen LogP contribution in [0.4, 0.5) is 18.9 Å². The van der Waals surface area contributed by atoms with Crippen LogP contribution < -0.4 is 10.2 Å². The fourth-order valence-electron chi connectivity index (χ4n) is 4.97. The van der Waals surface area contributed by atoms with Gasteiger partial charge in [0.05, 0.1) is 17.2 Å². The van der Waals surface area contributed by atoms with Crippen LogP contribution in [0, 0.1) is 0 Å². The summed E-state index contributed by atoms with van der Waals surface area (Å²) in [5.41, 5.74) is 1.52. The van der Waals surface area contributed by atoms with Gasteiger partial charge in [-0.3, -0.25) is 9.48 Å². The van der Waals surface area contributed by atoms with Crippen molar-refractivity contribution in [3.63, 3.8) is 0 Å². The quantitative estimate of drug-likeness (QED) is 0.429. The van der Waals surface area contributed by atoms with Crippen molar-refractivity contribution in [3.8, 4) is 0 Å². The Kier molecular flexibility index (Phi) is 5.86. The highest BCUT2D eigenvalue weighted by Crippen LogP contribution is 2.36. The van der Waals surface area contributed by atoms with Gasteiger partial charge in [0.15, 0.2) is 0 Å². The topological polar surface area (TPSA) is 63.1 Å². The van der Waals surface area contributed by atoms with Gasteiger partial charge >= 0.3 is 6.18 Å². The predicted octanol–water partition coefficient (Wildman–Crippen LogP) is 5.32. The number of pyridine rings is 1. The minimum absolute atomic E-state index is 0.0247. The van der Waals surface area contributed by atoms with Gasteiger partial charge in [-0.2, -0.15) is 18.3 Å². The van der Waals surface area contributed by atoms with Gasteiger partial charge in [-0.25, -0.2) is 4.98 Å². The third kappa shape index (κ3) is 4.54. The van der Waals surface area contributed by atoms with Gasteiger partial charge in [-0.15, -0.1) is 0 Å². The highest BCUT2D eigenvalue weighted by molar-refractivity contribution is 5.98. The summed E-state index contributed by atoms with van der Waals surface area (Å²) in [5, 5.41) is 8.94. The van der Waals surface area contributed by atoms with Crippen LogP contribution in [0.25, 0.3) is 21.8 Å². The summed E-state index contributed by atoms with van der Waals surface area (Å²) >= 11 is 0. The highest BCUT2D eigenvalue weighted by atomic mass is 19.4. The number of hydrogen-bond acceptors (Lipinski definition) is 4. The number of hydrogen-bond donors (Lipinski definition) is 1. The molecule has 0 bridgehead atoms. The predicted molar refractivity (Wildman–Crippen MR) is 129 cm³/mol. The smallest absolute Gasteiger partial charge is 0.371 e. The average molecular weight is 482 g/mol. The molecular weight excluding hydrogens is 455 g/mol. The molecule has 0 spiro atoms. The summed E-state index contributed by atoms with van der Waals surface area (Å²) in [6.07, 6.45) is 0.263. The number of fused-ring (bicyclic) bond motifs is 2. The first-order valence-electron chi connectivity index (χ1n) is 11.6. The summed E-state index contributed by atoms with van der Waals surface area (Å²) in [6.45, 7) is 0. The number of para-hydroxylation sites is 1. The van der Waals surface area contributed by atoms with Crippen molar-refractivity contribution in [1.82, 2.24) is 20.1 Å². The Balaban J connectivity index is 1.28. The SMILES string of the molecule is Cn1ncc2cc(C(=O)N[C@H]3CC[C@@H](N(C)c4cc(C(F)(F)F)nc5ccccc45)CC3)ccc21. The van der Waals surface area contributed by atoms with E-state index in [1.54, 1.807) is 35.1 Å². The van der Waals surface area contributed by atoms with Crippen LogP contribution in [0.5, 0.6) is 0 Å². The highest BCUT2D eigenvalue weighted by Gasteiger charge is 2.34. The zero-order chi connectivity index (χ0) is 24.7. The normalized spacial score (nSPS) is 18.7. The van der Waals surface area contributed by atoms with E-state index in [9.17, 15) is 18.0 Å². The molecule has 0 saturated heterocycles. The second-order valence-electron chi connectivity index (χ2n) is 9.17. The molecule has 35 heavy (non-hydrogen) atoms. The summed E-state index contributed by atoms with van der Waals surface area (Å²) < 4.78 is 42.2. The van der Waals surface area contributed by atoms with Crippen LogP contribution in [0.2, 0.25) is 0 Å². The summed E-state index contributed by atoms with van der Waals surface area (Å²) in [6, 6.07) is 13.7. The van der Waals surface area contributed by atoms with Crippen LogP contribution in [-0.4, -0.2) is 39.8 Å². The summed E-state index contributed by atoms with van der Waals surface area (Å²) in [7, 11) is 3.70. The first-order valence-corrected chi connectivity index (χ1v) is 11.6. The largest absolute Gasteiger partial charge is 0.433 e. The van der Waals surface area contributed by atoms with Crippen LogP contribution in [0.1, 0.15) is 41.7 Å². The van der Waals surface area contributed by atoms with E-state index in [4.69, 9.17) is 0 Å². The van der Waals surface area contributed by atoms with Gasteiger partial charge in [-0.1, -0.05) is 18.2 Å². The van der Waals surface area contributed by atoms with Crippen LogP contribution in [0.15, 0.2) is 54.7 Å². The molecule has 0 radical (unpaired) electrons. The molecular formula is C26H26F3N5O. The lowest BCUT2D eigenvalue weighted by atomic mass is 9.89. The van der Waals surface area contributed by atoms with E-state index < -0.39 is 11.9 Å². The Morgan fingerprint density at radius 2 is 1.83 bits per heavy atom. The number of benzene rings is 2. The molecule has 0 unspecified atom stereocenters. The number of amides is 1. The zero-order valence-corrected chi connectivity index (χ0v) is 19.5. The van der Waals surface area contributed by atoms with E-state index in [1.165, 1.54) is 0 Å². The number of rotatable bonds is 4. The molecule has 182 valence electrons. The molecule has 6 nitrogen and oxygen atoms in total. The number of carbonyl (C=O) groups excluding carboxylic acids is 1. The number of halogens is 3. The molecule has 9 heteroatoms. The number of nitrogens with zero attached hydrogens (tertiary/aromatic N) is 4. The fraction of sp³-hybridized carbons (Fsp3) is 0.346. The molecule has 1 saturated carbocycles. The molecule has 2 aromatic heterocycles. The third-order valence-electron chi connectivity index (χ3n) is 6.95. The van der Waals surface area contributed by atoms with Crippen LogP contribution in [0.3, 0.4) is 0 Å². The minimum atomic E-state index is -4.51. The molecule has 1 aliphatic rings. The Morgan fingerprint density at radius 3 is 2.57 bits per heavy atom. The molecule has 1 fully saturated rings. The number of carbonyl (C=O) groups is 1. The molecule has 5 rings (SSSR count). The second-order valence-corrected chi connectivity index (χ2v) is 9.17. The van der Waals surface area contributed by atoms with E-state index in [1.807, 2.05) is 37.2 Å². The van der Waals surface area contributed by atoms with Crippen molar-refractivity contribution in [2.45, 2.75) is 43.9 Å². The second kappa shape index (κ2) is 8.87. The first-order chi connectivity index (χ1) is 16.7. The van der Waals surface area contributed by atoms with Crippen molar-refractivity contribution in [1.29, 1.82) is 0 Å². The molecule has 0 aliphatic heterocycles. The maximum Gasteiger partial charge on any atom is 0.433 e. The number of aromatic nitrogens is 3. The van der Waals surface area contributed by atoms with E-state index in [-0.39, 0.29) is 18.0 Å². The number of nitrogens with one attached hydrogen (secondary N) is 1. The summed E-state index contributed by atoms with van der Waals surface area (Å²) in [5.74, 6) is -0.123. The molecule has 1 amide bonds. The molecule has 4 aromatic rings.